The minimum absolute atomic E-state index is 0.619. The standard InChI is InChI=1S/C27H24BN9/c1-19-29-27(24-17-11-6-12-18-24)37(32-19)28(35-20(2)30-25(33-35)22-13-7-4-8-14-22)36-21(3)31-26(34-36)23-15-9-5-10-16-23/h4-18H,1-3H3. The summed E-state index contributed by atoms with van der Waals surface area (Å²) in [6.07, 6.45) is 0. The maximum atomic E-state index is 4.93. The highest BCUT2D eigenvalue weighted by molar-refractivity contribution is 6.53. The van der Waals surface area contributed by atoms with Crippen molar-refractivity contribution in [3.8, 4) is 34.2 Å². The molecule has 6 rings (SSSR count). The van der Waals surface area contributed by atoms with Gasteiger partial charge in [0.1, 0.15) is 23.3 Å². The largest absolute Gasteiger partial charge is 0.573 e. The van der Waals surface area contributed by atoms with Gasteiger partial charge in [0.15, 0.2) is 11.6 Å². The Labute approximate surface area is 214 Å². The monoisotopic (exact) mass is 485 g/mol. The summed E-state index contributed by atoms with van der Waals surface area (Å²) in [4.78, 5) is 14.3. The van der Waals surface area contributed by atoms with Crippen LogP contribution in [0.3, 0.4) is 0 Å². The number of benzene rings is 3. The van der Waals surface area contributed by atoms with Gasteiger partial charge in [0, 0.05) is 16.7 Å². The van der Waals surface area contributed by atoms with E-state index in [0.717, 1.165) is 16.7 Å². The number of hydrogen-bond acceptors (Lipinski definition) is 6. The van der Waals surface area contributed by atoms with E-state index in [0.29, 0.717) is 34.9 Å². The number of rotatable bonds is 6. The van der Waals surface area contributed by atoms with Crippen LogP contribution in [0.2, 0.25) is 0 Å². The van der Waals surface area contributed by atoms with Gasteiger partial charge in [-0.2, -0.15) is 15.3 Å². The van der Waals surface area contributed by atoms with Crippen LogP contribution in [-0.2, 0) is 0 Å². The quantitative estimate of drug-likeness (QED) is 0.327. The van der Waals surface area contributed by atoms with Crippen molar-refractivity contribution in [2.45, 2.75) is 20.8 Å². The molecule has 0 aliphatic heterocycles. The minimum Gasteiger partial charge on any atom is -0.247 e. The average Bonchev–Trinajstić information content (AvgIpc) is 3.63. The summed E-state index contributed by atoms with van der Waals surface area (Å²) in [7, 11) is -0.619. The van der Waals surface area contributed by atoms with Crippen molar-refractivity contribution >= 4 is 7.12 Å². The number of hydrogen-bond donors (Lipinski definition) is 0. The number of aryl methyl sites for hydroxylation is 3. The molecule has 6 aromatic rings. The minimum atomic E-state index is -0.619. The van der Waals surface area contributed by atoms with Gasteiger partial charge < -0.3 is 0 Å². The summed E-state index contributed by atoms with van der Waals surface area (Å²) in [6, 6.07) is 29.8. The Balaban J connectivity index is 1.57. The van der Waals surface area contributed by atoms with Crippen molar-refractivity contribution < 1.29 is 0 Å². The Hall–Kier alpha value is -4.86. The molecule has 37 heavy (non-hydrogen) atoms. The normalized spacial score (nSPS) is 11.1. The molecular weight excluding hydrogens is 461 g/mol. The van der Waals surface area contributed by atoms with Crippen molar-refractivity contribution in [3.05, 3.63) is 108 Å². The highest BCUT2D eigenvalue weighted by Crippen LogP contribution is 2.22. The van der Waals surface area contributed by atoms with Gasteiger partial charge in [0.25, 0.3) is 0 Å². The maximum Gasteiger partial charge on any atom is 0.573 e. The molecule has 3 heterocycles. The Morgan fingerprint density at radius 3 is 1.38 bits per heavy atom. The van der Waals surface area contributed by atoms with Crippen LogP contribution in [0.5, 0.6) is 0 Å². The summed E-state index contributed by atoms with van der Waals surface area (Å²) in [5, 5.41) is 14.7. The molecule has 180 valence electrons. The van der Waals surface area contributed by atoms with Gasteiger partial charge in [0.05, 0.1) is 0 Å². The highest BCUT2D eigenvalue weighted by atomic mass is 15.5. The van der Waals surface area contributed by atoms with Gasteiger partial charge in [0.2, 0.25) is 0 Å². The average molecular weight is 485 g/mol. The summed E-state index contributed by atoms with van der Waals surface area (Å²) < 4.78 is 5.51. The van der Waals surface area contributed by atoms with Crippen molar-refractivity contribution in [3.63, 3.8) is 0 Å². The first-order chi connectivity index (χ1) is 18.1. The molecule has 0 atom stereocenters. The smallest absolute Gasteiger partial charge is 0.247 e. The molecule has 0 N–H and O–H groups in total. The van der Waals surface area contributed by atoms with Gasteiger partial charge in [-0.25, -0.2) is 28.7 Å². The molecule has 10 heteroatoms. The van der Waals surface area contributed by atoms with E-state index in [9.17, 15) is 0 Å². The van der Waals surface area contributed by atoms with Crippen LogP contribution < -0.4 is 0 Å². The predicted octanol–water partition coefficient (Wildman–Crippen LogP) is 4.32. The topological polar surface area (TPSA) is 92.1 Å². The lowest BCUT2D eigenvalue weighted by Gasteiger charge is -2.17. The molecule has 0 spiro atoms. The lowest BCUT2D eigenvalue weighted by atomic mass is 9.93. The Morgan fingerprint density at radius 2 is 0.919 bits per heavy atom. The zero-order valence-corrected chi connectivity index (χ0v) is 20.8. The molecule has 0 saturated carbocycles. The van der Waals surface area contributed by atoms with Crippen LogP contribution in [0.4, 0.5) is 0 Å². The van der Waals surface area contributed by atoms with E-state index in [2.05, 4.69) is 0 Å². The second-order valence-electron chi connectivity index (χ2n) is 8.73. The SMILES string of the molecule is Cc1nc(-c2ccccc2)n(B(n2nc(-c3ccccc3)nc2C)n2nc(-c3ccccc3)nc2C)n1. The third-order valence-corrected chi connectivity index (χ3v) is 6.09. The van der Waals surface area contributed by atoms with Crippen molar-refractivity contribution in [2.75, 3.05) is 0 Å². The summed E-state index contributed by atoms with van der Waals surface area (Å²) in [5.41, 5.74) is 2.80. The van der Waals surface area contributed by atoms with E-state index in [1.807, 2.05) is 126 Å². The van der Waals surface area contributed by atoms with Crippen LogP contribution >= 0.6 is 0 Å². The molecule has 0 amide bonds. The molecule has 0 unspecified atom stereocenters. The van der Waals surface area contributed by atoms with Crippen LogP contribution in [0.15, 0.2) is 91.0 Å². The van der Waals surface area contributed by atoms with Crippen molar-refractivity contribution in [1.29, 1.82) is 0 Å². The fourth-order valence-corrected chi connectivity index (χ4v) is 4.35. The van der Waals surface area contributed by atoms with Gasteiger partial charge >= 0.3 is 7.12 Å². The van der Waals surface area contributed by atoms with Gasteiger partial charge in [-0.05, 0) is 20.8 Å². The summed E-state index contributed by atoms with van der Waals surface area (Å²) in [6.45, 7) is 5.75. The van der Waals surface area contributed by atoms with E-state index < -0.39 is 7.12 Å². The molecule has 0 fully saturated rings. The molecule has 0 bridgehead atoms. The highest BCUT2D eigenvalue weighted by Gasteiger charge is 2.35. The van der Waals surface area contributed by atoms with E-state index in [4.69, 9.17) is 30.2 Å². The van der Waals surface area contributed by atoms with Gasteiger partial charge in [-0.1, -0.05) is 91.0 Å². The first kappa shape index (κ1) is 22.6. The molecule has 0 aliphatic rings. The van der Waals surface area contributed by atoms with E-state index in [-0.39, 0.29) is 0 Å². The fourth-order valence-electron chi connectivity index (χ4n) is 4.35. The Bertz CT molecular complexity index is 1570. The Morgan fingerprint density at radius 1 is 0.486 bits per heavy atom. The molecule has 9 nitrogen and oxygen atoms in total. The van der Waals surface area contributed by atoms with Crippen LogP contribution in [0.25, 0.3) is 34.2 Å². The predicted molar refractivity (Wildman–Crippen MR) is 143 cm³/mol. The summed E-state index contributed by atoms with van der Waals surface area (Å²) >= 11 is 0. The lowest BCUT2D eigenvalue weighted by molar-refractivity contribution is 0.745. The molecule has 0 aliphatic carbocycles. The van der Waals surface area contributed by atoms with Crippen LogP contribution in [0.1, 0.15) is 17.5 Å². The molecule has 0 saturated heterocycles. The van der Waals surface area contributed by atoms with E-state index in [1.54, 1.807) is 0 Å². The zero-order chi connectivity index (χ0) is 25.4. The third kappa shape index (κ3) is 4.22. The zero-order valence-electron chi connectivity index (χ0n) is 20.8. The van der Waals surface area contributed by atoms with Crippen molar-refractivity contribution in [2.24, 2.45) is 0 Å². The van der Waals surface area contributed by atoms with Gasteiger partial charge in [-0.3, -0.25) is 0 Å². The first-order valence-electron chi connectivity index (χ1n) is 12.0. The third-order valence-electron chi connectivity index (χ3n) is 6.09. The molecule has 3 aromatic carbocycles. The lowest BCUT2D eigenvalue weighted by Crippen LogP contribution is -2.45. The van der Waals surface area contributed by atoms with Crippen LogP contribution in [0, 0.1) is 20.8 Å². The van der Waals surface area contributed by atoms with E-state index >= 15 is 0 Å². The number of nitrogens with zero attached hydrogens (tertiary/aromatic N) is 9. The maximum absolute atomic E-state index is 4.93. The molecular formula is C27H24BN9. The van der Waals surface area contributed by atoms with Crippen molar-refractivity contribution in [1.82, 2.24) is 44.0 Å². The second-order valence-corrected chi connectivity index (χ2v) is 8.73. The van der Waals surface area contributed by atoms with Gasteiger partial charge in [-0.15, -0.1) is 0 Å². The molecule has 3 aromatic heterocycles. The van der Waals surface area contributed by atoms with Crippen LogP contribution in [-0.4, -0.2) is 51.1 Å². The summed E-state index contributed by atoms with van der Waals surface area (Å²) in [5.74, 6) is 4.03. The number of aromatic nitrogens is 9. The first-order valence-corrected chi connectivity index (χ1v) is 12.0. The fraction of sp³-hybridized carbons (Fsp3) is 0.111. The van der Waals surface area contributed by atoms with E-state index in [1.165, 1.54) is 0 Å². The second kappa shape index (κ2) is 9.31. The molecule has 0 radical (unpaired) electrons. The Kier molecular flexibility index (Phi) is 5.68.